The van der Waals surface area contributed by atoms with E-state index in [4.69, 9.17) is 4.42 Å². The first-order valence-corrected chi connectivity index (χ1v) is 9.60. The van der Waals surface area contributed by atoms with E-state index in [0.717, 1.165) is 0 Å². The fraction of sp³-hybridized carbons (Fsp3) is 0.167. The van der Waals surface area contributed by atoms with Gasteiger partial charge in [0, 0.05) is 19.2 Å². The lowest BCUT2D eigenvalue weighted by molar-refractivity contribution is -0.126. The predicted octanol–water partition coefficient (Wildman–Crippen LogP) is 5.27. The molecule has 1 amide bonds. The molecule has 0 radical (unpaired) electrons. The van der Waals surface area contributed by atoms with E-state index in [1.54, 1.807) is 85.9 Å². The summed E-state index contributed by atoms with van der Waals surface area (Å²) in [5.41, 5.74) is 0.797. The van der Waals surface area contributed by atoms with Crippen molar-refractivity contribution in [1.29, 1.82) is 0 Å². The van der Waals surface area contributed by atoms with Crippen LogP contribution in [-0.4, -0.2) is 17.9 Å². The second kappa shape index (κ2) is 6.49. The molecule has 0 fully saturated rings. The number of para-hydroxylation sites is 3. The molecule has 150 valence electrons. The van der Waals surface area contributed by atoms with Gasteiger partial charge in [0.05, 0.1) is 0 Å². The number of oxazole rings is 1. The molecule has 4 nitrogen and oxygen atoms in total. The van der Waals surface area contributed by atoms with Crippen LogP contribution < -0.4 is 4.90 Å². The molecule has 1 atom stereocenters. The number of alkyl halides is 2. The summed E-state index contributed by atoms with van der Waals surface area (Å²) in [4.78, 5) is 19.0. The van der Waals surface area contributed by atoms with Crippen LogP contribution in [0.15, 0.2) is 83.3 Å². The van der Waals surface area contributed by atoms with Crippen molar-refractivity contribution in [1.82, 2.24) is 4.98 Å². The molecule has 0 saturated carbocycles. The molecule has 0 aliphatic carbocycles. The van der Waals surface area contributed by atoms with Crippen molar-refractivity contribution in [3.63, 3.8) is 0 Å². The van der Waals surface area contributed by atoms with Crippen LogP contribution in [0.5, 0.6) is 0 Å². The van der Waals surface area contributed by atoms with Gasteiger partial charge in [0.2, 0.25) is 5.91 Å². The van der Waals surface area contributed by atoms with Gasteiger partial charge in [-0.3, -0.25) is 4.79 Å². The lowest BCUT2D eigenvalue weighted by atomic mass is 9.71. The van der Waals surface area contributed by atoms with E-state index in [1.807, 2.05) is 0 Å². The zero-order valence-corrected chi connectivity index (χ0v) is 16.2. The summed E-state index contributed by atoms with van der Waals surface area (Å²) in [7, 11) is 1.61. The van der Waals surface area contributed by atoms with Gasteiger partial charge in [-0.05, 0) is 29.3 Å². The van der Waals surface area contributed by atoms with Crippen molar-refractivity contribution in [2.45, 2.75) is 17.8 Å². The largest absolute Gasteiger partial charge is 0.435 e. The second-order valence-corrected chi connectivity index (χ2v) is 7.52. The molecule has 4 aromatic rings. The highest BCUT2D eigenvalue weighted by molar-refractivity contribution is 6.10. The Morgan fingerprint density at radius 3 is 2.40 bits per heavy atom. The summed E-state index contributed by atoms with van der Waals surface area (Å²) >= 11 is 0. The van der Waals surface area contributed by atoms with Gasteiger partial charge >= 0.3 is 5.92 Å². The average Bonchev–Trinajstić information content (AvgIpc) is 3.30. The molecule has 3 aromatic carbocycles. The van der Waals surface area contributed by atoms with Crippen molar-refractivity contribution in [3.8, 4) is 0 Å². The Morgan fingerprint density at radius 2 is 1.63 bits per heavy atom. The molecule has 0 saturated heterocycles. The Balaban J connectivity index is 1.70. The lowest BCUT2D eigenvalue weighted by Gasteiger charge is -2.31. The number of halogens is 2. The maximum Gasteiger partial charge on any atom is 0.324 e. The molecule has 1 aromatic heterocycles. The topological polar surface area (TPSA) is 46.3 Å². The summed E-state index contributed by atoms with van der Waals surface area (Å²) < 4.78 is 36.7. The van der Waals surface area contributed by atoms with E-state index >= 15 is 8.78 Å². The van der Waals surface area contributed by atoms with Crippen LogP contribution in [0.25, 0.3) is 11.1 Å². The highest BCUT2D eigenvalue weighted by Crippen LogP contribution is 2.52. The van der Waals surface area contributed by atoms with Crippen molar-refractivity contribution in [2.75, 3.05) is 11.9 Å². The van der Waals surface area contributed by atoms with Crippen molar-refractivity contribution < 1.29 is 18.0 Å². The van der Waals surface area contributed by atoms with Gasteiger partial charge in [0.1, 0.15) is 10.9 Å². The number of carbonyl (C=O) groups excluding carboxylic acids is 1. The number of likely N-dealkylation sites (N-methyl/N-ethyl adjacent to an activating group) is 1. The van der Waals surface area contributed by atoms with Gasteiger partial charge in [-0.25, -0.2) is 4.98 Å². The Labute approximate surface area is 171 Å². The van der Waals surface area contributed by atoms with Crippen LogP contribution >= 0.6 is 0 Å². The number of nitrogens with zero attached hydrogens (tertiary/aromatic N) is 2. The summed E-state index contributed by atoms with van der Waals surface area (Å²) in [5, 5.41) is 0. The smallest absolute Gasteiger partial charge is 0.324 e. The molecule has 30 heavy (non-hydrogen) atoms. The lowest BCUT2D eigenvalue weighted by Crippen LogP contribution is -2.43. The molecule has 0 N–H and O–H groups in total. The number of hydrogen-bond donors (Lipinski definition) is 0. The SMILES string of the molecule is CN1C(=O)C(CC(F)(F)c2nc3ccccc3o2)(c2ccccc2)c2ccccc21. The van der Waals surface area contributed by atoms with Crippen LogP contribution in [0.1, 0.15) is 23.4 Å². The van der Waals surface area contributed by atoms with Gasteiger partial charge in [-0.2, -0.15) is 8.78 Å². The van der Waals surface area contributed by atoms with E-state index in [9.17, 15) is 4.79 Å². The summed E-state index contributed by atoms with van der Waals surface area (Å²) in [5.74, 6) is -4.55. The minimum Gasteiger partial charge on any atom is -0.435 e. The highest BCUT2D eigenvalue weighted by Gasteiger charge is 2.57. The molecule has 6 heteroatoms. The van der Waals surface area contributed by atoms with Crippen LogP contribution in [0.4, 0.5) is 14.5 Å². The van der Waals surface area contributed by atoms with Crippen LogP contribution in [0, 0.1) is 0 Å². The third-order valence-corrected chi connectivity index (χ3v) is 5.76. The molecule has 1 unspecified atom stereocenters. The second-order valence-electron chi connectivity index (χ2n) is 7.52. The molecule has 0 spiro atoms. The third-order valence-electron chi connectivity index (χ3n) is 5.76. The minimum atomic E-state index is -3.47. The standard InChI is InChI=1S/C24H18F2N2O2/c1-28-19-13-7-5-11-17(19)23(22(28)29,16-9-3-2-4-10-16)15-24(25,26)21-27-18-12-6-8-14-20(18)30-21/h2-14H,15H2,1H3. The van der Waals surface area contributed by atoms with E-state index in [0.29, 0.717) is 22.3 Å². The molecular weight excluding hydrogens is 386 g/mol. The number of fused-ring (bicyclic) bond motifs is 2. The molecule has 0 bridgehead atoms. The predicted molar refractivity (Wildman–Crippen MR) is 110 cm³/mol. The first-order chi connectivity index (χ1) is 14.4. The molecule has 5 rings (SSSR count). The molecular formula is C24H18F2N2O2. The zero-order valence-electron chi connectivity index (χ0n) is 16.2. The molecule has 2 heterocycles. The zero-order chi connectivity index (χ0) is 20.9. The first kappa shape index (κ1) is 18.5. The summed E-state index contributed by atoms with van der Waals surface area (Å²) in [6, 6.07) is 22.4. The average molecular weight is 404 g/mol. The Hall–Kier alpha value is -3.54. The monoisotopic (exact) mass is 404 g/mol. The van der Waals surface area contributed by atoms with Crippen LogP contribution in [-0.2, 0) is 16.1 Å². The van der Waals surface area contributed by atoms with Gasteiger partial charge < -0.3 is 9.32 Å². The van der Waals surface area contributed by atoms with Gasteiger partial charge in [0.25, 0.3) is 5.89 Å². The number of carbonyl (C=O) groups is 1. The van der Waals surface area contributed by atoms with E-state index < -0.39 is 29.6 Å². The number of anilines is 1. The molecule has 1 aliphatic rings. The minimum absolute atomic E-state index is 0.288. The normalized spacial score (nSPS) is 18.8. The van der Waals surface area contributed by atoms with E-state index in [2.05, 4.69) is 4.98 Å². The third kappa shape index (κ3) is 2.56. The van der Waals surface area contributed by atoms with Gasteiger partial charge in [-0.15, -0.1) is 0 Å². The Bertz CT molecular complexity index is 1220. The van der Waals surface area contributed by atoms with Crippen molar-refractivity contribution in [3.05, 3.63) is 95.9 Å². The summed E-state index contributed by atoms with van der Waals surface area (Å²) in [6.07, 6.45) is -0.781. The quantitative estimate of drug-likeness (QED) is 0.465. The number of hydrogen-bond acceptors (Lipinski definition) is 3. The van der Waals surface area contributed by atoms with E-state index in [-0.39, 0.29) is 5.58 Å². The van der Waals surface area contributed by atoms with Gasteiger partial charge in [-0.1, -0.05) is 60.7 Å². The maximum absolute atomic E-state index is 15.6. The van der Waals surface area contributed by atoms with Gasteiger partial charge in [0.15, 0.2) is 5.58 Å². The number of amides is 1. The number of aromatic nitrogens is 1. The number of rotatable bonds is 4. The first-order valence-electron chi connectivity index (χ1n) is 9.60. The van der Waals surface area contributed by atoms with E-state index in [1.165, 1.54) is 4.90 Å². The van der Waals surface area contributed by atoms with Crippen molar-refractivity contribution in [2.24, 2.45) is 0 Å². The fourth-order valence-electron chi connectivity index (χ4n) is 4.35. The van der Waals surface area contributed by atoms with Crippen molar-refractivity contribution >= 4 is 22.7 Å². The van der Waals surface area contributed by atoms with Crippen LogP contribution in [0.3, 0.4) is 0 Å². The highest BCUT2D eigenvalue weighted by atomic mass is 19.3. The fourth-order valence-corrected chi connectivity index (χ4v) is 4.35. The summed E-state index contributed by atoms with van der Waals surface area (Å²) in [6.45, 7) is 0. The van der Waals surface area contributed by atoms with Crippen LogP contribution in [0.2, 0.25) is 0 Å². The Kier molecular flexibility index (Phi) is 4.00. The molecule has 1 aliphatic heterocycles. The maximum atomic E-state index is 15.6. The Morgan fingerprint density at radius 1 is 0.967 bits per heavy atom. The number of benzene rings is 3.